The Kier molecular flexibility index (Phi) is 4.17. The number of benzene rings is 1. The summed E-state index contributed by atoms with van der Waals surface area (Å²) in [5, 5.41) is 9.64. The summed E-state index contributed by atoms with van der Waals surface area (Å²) in [6, 6.07) is 1.06. The first kappa shape index (κ1) is 12.1. The van der Waals surface area contributed by atoms with Gasteiger partial charge in [-0.05, 0) is 19.4 Å². The minimum Gasteiger partial charge on any atom is -0.504 e. The number of halogens is 2. The maximum Gasteiger partial charge on any atom is 0.163 e. The van der Waals surface area contributed by atoms with E-state index in [2.05, 4.69) is 0 Å². The molecule has 0 heterocycles. The topological polar surface area (TPSA) is 55.5 Å². The third kappa shape index (κ3) is 2.52. The second kappa shape index (κ2) is 5.19. The molecule has 1 aromatic rings. The van der Waals surface area contributed by atoms with Crippen molar-refractivity contribution in [1.29, 1.82) is 0 Å². The van der Waals surface area contributed by atoms with E-state index in [0.717, 1.165) is 6.07 Å². The number of methoxy groups -OCH3 is 1. The number of rotatable bonds is 4. The average molecular weight is 234 g/mol. The molecule has 0 aromatic heterocycles. The first-order valence-corrected chi connectivity index (χ1v) is 4.93. The molecule has 15 heavy (non-hydrogen) atoms. The molecule has 0 aliphatic rings. The van der Waals surface area contributed by atoms with Gasteiger partial charge in [0.1, 0.15) is 5.82 Å². The molecule has 0 amide bonds. The van der Waals surface area contributed by atoms with E-state index >= 15 is 0 Å². The SMILES string of the molecule is COc1cc(F)c(Cl)c(CCCN)c1O. The lowest BCUT2D eigenvalue weighted by Gasteiger charge is -2.11. The number of phenols is 1. The maximum atomic E-state index is 13.3. The van der Waals surface area contributed by atoms with Crippen molar-refractivity contribution in [3.8, 4) is 11.5 Å². The molecule has 3 nitrogen and oxygen atoms in total. The van der Waals surface area contributed by atoms with E-state index in [4.69, 9.17) is 22.1 Å². The first-order chi connectivity index (χ1) is 7.11. The molecule has 1 aromatic carbocycles. The number of hydrogen-bond donors (Lipinski definition) is 2. The van der Waals surface area contributed by atoms with Crippen LogP contribution < -0.4 is 10.5 Å². The number of nitrogens with two attached hydrogens (primary N) is 1. The van der Waals surface area contributed by atoms with Crippen LogP contribution >= 0.6 is 11.6 Å². The zero-order valence-electron chi connectivity index (χ0n) is 8.39. The van der Waals surface area contributed by atoms with E-state index in [0.29, 0.717) is 24.9 Å². The highest BCUT2D eigenvalue weighted by molar-refractivity contribution is 6.31. The van der Waals surface area contributed by atoms with Crippen molar-refractivity contribution < 1.29 is 14.2 Å². The van der Waals surface area contributed by atoms with Gasteiger partial charge in [-0.1, -0.05) is 11.6 Å². The zero-order valence-corrected chi connectivity index (χ0v) is 9.14. The van der Waals surface area contributed by atoms with Crippen molar-refractivity contribution in [1.82, 2.24) is 0 Å². The maximum absolute atomic E-state index is 13.3. The molecule has 0 saturated carbocycles. The average Bonchev–Trinajstić information content (AvgIpc) is 2.23. The summed E-state index contributed by atoms with van der Waals surface area (Å²) in [7, 11) is 1.36. The Bertz CT molecular complexity index is 358. The third-order valence-electron chi connectivity index (χ3n) is 2.10. The number of phenolic OH excluding ortho intramolecular Hbond substituents is 1. The lowest BCUT2D eigenvalue weighted by Crippen LogP contribution is -2.02. The van der Waals surface area contributed by atoms with Crippen LogP contribution in [0.4, 0.5) is 4.39 Å². The van der Waals surface area contributed by atoms with Gasteiger partial charge in [0.25, 0.3) is 0 Å². The summed E-state index contributed by atoms with van der Waals surface area (Å²) in [5.41, 5.74) is 5.68. The Morgan fingerprint density at radius 2 is 2.27 bits per heavy atom. The van der Waals surface area contributed by atoms with Crippen LogP contribution in [0.5, 0.6) is 11.5 Å². The highest BCUT2D eigenvalue weighted by Crippen LogP contribution is 2.37. The van der Waals surface area contributed by atoms with Crippen LogP contribution in [-0.2, 0) is 6.42 Å². The Labute approximate surface area is 92.6 Å². The number of hydrogen-bond acceptors (Lipinski definition) is 3. The minimum absolute atomic E-state index is 0.0678. The van der Waals surface area contributed by atoms with Gasteiger partial charge in [0.05, 0.1) is 12.1 Å². The monoisotopic (exact) mass is 233 g/mol. The van der Waals surface area contributed by atoms with Crippen LogP contribution in [0.1, 0.15) is 12.0 Å². The fraction of sp³-hybridized carbons (Fsp3) is 0.400. The largest absolute Gasteiger partial charge is 0.504 e. The van der Waals surface area contributed by atoms with E-state index in [1.807, 2.05) is 0 Å². The summed E-state index contributed by atoms with van der Waals surface area (Å²) in [5.74, 6) is -0.625. The molecule has 0 radical (unpaired) electrons. The summed E-state index contributed by atoms with van der Waals surface area (Å²) in [4.78, 5) is 0. The van der Waals surface area contributed by atoms with Crippen molar-refractivity contribution in [2.24, 2.45) is 5.73 Å². The lowest BCUT2D eigenvalue weighted by atomic mass is 10.1. The van der Waals surface area contributed by atoms with Crippen LogP contribution in [0.15, 0.2) is 6.07 Å². The van der Waals surface area contributed by atoms with E-state index in [1.165, 1.54) is 7.11 Å². The molecular weight excluding hydrogens is 221 g/mol. The van der Waals surface area contributed by atoms with Gasteiger partial charge in [0, 0.05) is 11.6 Å². The molecule has 5 heteroatoms. The smallest absolute Gasteiger partial charge is 0.163 e. The van der Waals surface area contributed by atoms with Gasteiger partial charge in [0.15, 0.2) is 11.5 Å². The molecule has 0 aliphatic carbocycles. The normalized spacial score (nSPS) is 10.4. The Balaban J connectivity index is 3.15. The fourth-order valence-corrected chi connectivity index (χ4v) is 1.54. The fourth-order valence-electron chi connectivity index (χ4n) is 1.31. The van der Waals surface area contributed by atoms with E-state index in [-0.39, 0.29) is 16.5 Å². The standard InChI is InChI=1S/C10H13ClFNO2/c1-15-8-5-7(12)9(11)6(10(8)14)3-2-4-13/h5,14H,2-4,13H2,1H3. The van der Waals surface area contributed by atoms with Crippen molar-refractivity contribution in [2.45, 2.75) is 12.8 Å². The van der Waals surface area contributed by atoms with Crippen molar-refractivity contribution >= 4 is 11.6 Å². The van der Waals surface area contributed by atoms with Crippen molar-refractivity contribution in [3.63, 3.8) is 0 Å². The van der Waals surface area contributed by atoms with Gasteiger partial charge >= 0.3 is 0 Å². The molecule has 0 saturated heterocycles. The highest BCUT2D eigenvalue weighted by atomic mass is 35.5. The minimum atomic E-state index is -0.599. The molecule has 3 N–H and O–H groups in total. The molecule has 0 spiro atoms. The lowest BCUT2D eigenvalue weighted by molar-refractivity contribution is 0.367. The molecule has 0 unspecified atom stereocenters. The highest BCUT2D eigenvalue weighted by Gasteiger charge is 2.16. The van der Waals surface area contributed by atoms with Crippen LogP contribution in [0, 0.1) is 5.82 Å². The molecule has 0 fully saturated rings. The van der Waals surface area contributed by atoms with Crippen molar-refractivity contribution in [2.75, 3.05) is 13.7 Å². The molecule has 84 valence electrons. The molecule has 0 bridgehead atoms. The predicted octanol–water partition coefficient (Wildman–Crippen LogP) is 2.08. The number of ether oxygens (including phenoxy) is 1. The van der Waals surface area contributed by atoms with Gasteiger partial charge < -0.3 is 15.6 Å². The third-order valence-corrected chi connectivity index (χ3v) is 2.51. The van der Waals surface area contributed by atoms with Crippen LogP contribution in [0.25, 0.3) is 0 Å². The quantitative estimate of drug-likeness (QED) is 0.837. The molecule has 0 aliphatic heterocycles. The van der Waals surface area contributed by atoms with Gasteiger partial charge in [-0.2, -0.15) is 0 Å². The zero-order chi connectivity index (χ0) is 11.4. The Morgan fingerprint density at radius 1 is 1.60 bits per heavy atom. The van der Waals surface area contributed by atoms with Crippen LogP contribution in [-0.4, -0.2) is 18.8 Å². The first-order valence-electron chi connectivity index (χ1n) is 4.55. The molecular formula is C10H13ClFNO2. The summed E-state index contributed by atoms with van der Waals surface area (Å²) < 4.78 is 18.1. The van der Waals surface area contributed by atoms with Gasteiger partial charge in [-0.25, -0.2) is 4.39 Å². The van der Waals surface area contributed by atoms with Gasteiger partial charge in [-0.15, -0.1) is 0 Å². The van der Waals surface area contributed by atoms with Crippen LogP contribution in [0.3, 0.4) is 0 Å². The van der Waals surface area contributed by atoms with E-state index in [1.54, 1.807) is 0 Å². The Hall–Kier alpha value is -1.00. The van der Waals surface area contributed by atoms with Gasteiger partial charge in [0.2, 0.25) is 0 Å². The second-order valence-corrected chi connectivity index (χ2v) is 3.47. The Morgan fingerprint density at radius 3 is 2.80 bits per heavy atom. The second-order valence-electron chi connectivity index (χ2n) is 3.09. The molecule has 0 atom stereocenters. The van der Waals surface area contributed by atoms with E-state index in [9.17, 15) is 9.50 Å². The summed E-state index contributed by atoms with van der Waals surface area (Å²) in [6.45, 7) is 0.453. The predicted molar refractivity (Wildman–Crippen MR) is 57.0 cm³/mol. The van der Waals surface area contributed by atoms with Gasteiger partial charge in [-0.3, -0.25) is 0 Å². The summed E-state index contributed by atoms with van der Waals surface area (Å²) >= 11 is 5.73. The molecule has 1 rings (SSSR count). The number of aromatic hydroxyl groups is 1. The summed E-state index contributed by atoms with van der Waals surface area (Å²) in [6.07, 6.45) is 1.05. The van der Waals surface area contributed by atoms with Crippen molar-refractivity contribution in [3.05, 3.63) is 22.5 Å². The van der Waals surface area contributed by atoms with E-state index < -0.39 is 5.82 Å². The van der Waals surface area contributed by atoms with Crippen LogP contribution in [0.2, 0.25) is 5.02 Å².